The molecule has 1 fully saturated rings. The van der Waals surface area contributed by atoms with Gasteiger partial charge in [-0.05, 0) is 69.0 Å². The van der Waals surface area contributed by atoms with E-state index in [9.17, 15) is 13.2 Å². The number of anilines is 1. The lowest BCUT2D eigenvalue weighted by molar-refractivity contribution is -0.137. The molecule has 2 aromatic rings. The van der Waals surface area contributed by atoms with Crippen LogP contribution >= 0.6 is 0 Å². The predicted molar refractivity (Wildman–Crippen MR) is 108 cm³/mol. The first kappa shape index (κ1) is 21.5. The maximum atomic E-state index is 13.3. The molecule has 3 rings (SSSR count). The topological polar surface area (TPSA) is 30.5 Å². The van der Waals surface area contributed by atoms with Gasteiger partial charge in [-0.25, -0.2) is 0 Å². The van der Waals surface area contributed by atoms with E-state index in [4.69, 9.17) is 9.47 Å². The van der Waals surface area contributed by atoms with Gasteiger partial charge in [-0.1, -0.05) is 18.2 Å². The average molecular weight is 407 g/mol. The second kappa shape index (κ2) is 8.27. The first-order valence-corrected chi connectivity index (χ1v) is 9.83. The first-order valence-electron chi connectivity index (χ1n) is 9.83. The van der Waals surface area contributed by atoms with Gasteiger partial charge in [0.15, 0.2) is 0 Å². The molecule has 0 saturated carbocycles. The number of nitrogens with one attached hydrogen (secondary N) is 1. The third kappa shape index (κ3) is 5.24. The second-order valence-corrected chi connectivity index (χ2v) is 8.30. The Morgan fingerprint density at radius 3 is 2.45 bits per heavy atom. The van der Waals surface area contributed by atoms with Crippen molar-refractivity contribution in [2.75, 3.05) is 25.6 Å². The molecule has 1 atom stereocenters. The van der Waals surface area contributed by atoms with Crippen molar-refractivity contribution in [1.82, 2.24) is 0 Å². The number of benzene rings is 2. The van der Waals surface area contributed by atoms with Crippen molar-refractivity contribution in [3.8, 4) is 5.75 Å². The fourth-order valence-electron chi connectivity index (χ4n) is 4.26. The van der Waals surface area contributed by atoms with Crippen molar-refractivity contribution >= 4 is 5.69 Å². The van der Waals surface area contributed by atoms with Crippen LogP contribution in [0.3, 0.4) is 0 Å². The molecule has 0 spiro atoms. The standard InChI is InChI=1S/C23H28F3NO2/c1-21(2)16-22(12-14-29-21,17-5-4-6-18(15-17)23(24,25)26)11-13-27-19-7-9-20(28-3)10-8-19/h4-10,15,27H,11-14,16H2,1-3H3/t22-/m0/s1. The van der Waals surface area contributed by atoms with Crippen LogP contribution in [0.25, 0.3) is 0 Å². The summed E-state index contributed by atoms with van der Waals surface area (Å²) < 4.78 is 50.9. The zero-order valence-corrected chi connectivity index (χ0v) is 17.1. The minimum atomic E-state index is -4.35. The molecule has 3 nitrogen and oxygen atoms in total. The van der Waals surface area contributed by atoms with E-state index in [2.05, 4.69) is 5.32 Å². The Morgan fingerprint density at radius 1 is 1.10 bits per heavy atom. The van der Waals surface area contributed by atoms with Crippen LogP contribution in [0.1, 0.15) is 44.2 Å². The molecule has 1 aliphatic heterocycles. The summed E-state index contributed by atoms with van der Waals surface area (Å²) in [6, 6.07) is 13.4. The van der Waals surface area contributed by atoms with E-state index < -0.39 is 11.7 Å². The summed E-state index contributed by atoms with van der Waals surface area (Å²) in [5, 5.41) is 3.39. The zero-order valence-electron chi connectivity index (χ0n) is 17.1. The summed E-state index contributed by atoms with van der Waals surface area (Å²) in [5.74, 6) is 0.780. The van der Waals surface area contributed by atoms with Gasteiger partial charge in [-0.2, -0.15) is 13.2 Å². The van der Waals surface area contributed by atoms with Gasteiger partial charge in [-0.15, -0.1) is 0 Å². The van der Waals surface area contributed by atoms with Gasteiger partial charge in [0, 0.05) is 24.3 Å². The van der Waals surface area contributed by atoms with Crippen molar-refractivity contribution in [3.05, 3.63) is 59.7 Å². The Balaban J connectivity index is 1.82. The molecule has 1 heterocycles. The van der Waals surface area contributed by atoms with Gasteiger partial charge in [0.25, 0.3) is 0 Å². The number of alkyl halides is 3. The van der Waals surface area contributed by atoms with Gasteiger partial charge in [-0.3, -0.25) is 0 Å². The maximum absolute atomic E-state index is 13.3. The molecule has 0 aromatic heterocycles. The molecule has 1 aliphatic rings. The minimum Gasteiger partial charge on any atom is -0.497 e. The summed E-state index contributed by atoms with van der Waals surface area (Å²) in [6.45, 7) is 5.20. The normalized spacial score (nSPS) is 21.6. The van der Waals surface area contributed by atoms with Crippen molar-refractivity contribution in [1.29, 1.82) is 0 Å². The van der Waals surface area contributed by atoms with Gasteiger partial charge >= 0.3 is 6.18 Å². The Labute approximate surface area is 170 Å². The molecule has 0 amide bonds. The molecule has 29 heavy (non-hydrogen) atoms. The van der Waals surface area contributed by atoms with Gasteiger partial charge < -0.3 is 14.8 Å². The predicted octanol–water partition coefficient (Wildman–Crippen LogP) is 6.04. The molecule has 2 aromatic carbocycles. The molecular weight excluding hydrogens is 379 g/mol. The Bertz CT molecular complexity index is 818. The van der Waals surface area contributed by atoms with Crippen LogP contribution < -0.4 is 10.1 Å². The summed E-state index contributed by atoms with van der Waals surface area (Å²) in [4.78, 5) is 0. The summed E-state index contributed by atoms with van der Waals surface area (Å²) in [6.07, 6.45) is -2.26. The number of rotatable bonds is 6. The molecule has 6 heteroatoms. The molecule has 0 aliphatic carbocycles. The fourth-order valence-corrected chi connectivity index (χ4v) is 4.26. The maximum Gasteiger partial charge on any atom is 0.416 e. The van der Waals surface area contributed by atoms with Crippen LogP contribution in [0.15, 0.2) is 48.5 Å². The largest absolute Gasteiger partial charge is 0.497 e. The van der Waals surface area contributed by atoms with E-state index in [0.29, 0.717) is 32.4 Å². The van der Waals surface area contributed by atoms with Gasteiger partial charge in [0.2, 0.25) is 0 Å². The minimum absolute atomic E-state index is 0.373. The van der Waals surface area contributed by atoms with Crippen molar-refractivity contribution in [2.24, 2.45) is 0 Å². The highest BCUT2D eigenvalue weighted by Crippen LogP contribution is 2.45. The van der Waals surface area contributed by atoms with E-state index in [1.165, 1.54) is 12.1 Å². The number of halogens is 3. The molecule has 0 bridgehead atoms. The van der Waals surface area contributed by atoms with Crippen LogP contribution in [0.2, 0.25) is 0 Å². The van der Waals surface area contributed by atoms with E-state index in [1.54, 1.807) is 7.11 Å². The van der Waals surface area contributed by atoms with Crippen LogP contribution in [-0.4, -0.2) is 25.9 Å². The summed E-state index contributed by atoms with van der Waals surface area (Å²) in [7, 11) is 1.62. The van der Waals surface area contributed by atoms with Crippen molar-refractivity contribution in [2.45, 2.75) is 50.3 Å². The third-order valence-electron chi connectivity index (χ3n) is 5.66. The smallest absolute Gasteiger partial charge is 0.416 e. The highest BCUT2D eigenvalue weighted by molar-refractivity contribution is 5.46. The molecule has 1 N–H and O–H groups in total. The molecule has 0 radical (unpaired) electrons. The zero-order chi connectivity index (χ0) is 21.1. The Hall–Kier alpha value is -2.21. The quantitative estimate of drug-likeness (QED) is 0.633. The van der Waals surface area contributed by atoms with Crippen LogP contribution in [0, 0.1) is 0 Å². The highest BCUT2D eigenvalue weighted by atomic mass is 19.4. The highest BCUT2D eigenvalue weighted by Gasteiger charge is 2.42. The first-order chi connectivity index (χ1) is 13.6. The summed E-state index contributed by atoms with van der Waals surface area (Å²) in [5.41, 5.74) is 0.341. The molecular formula is C23H28F3NO2. The SMILES string of the molecule is COc1ccc(NCC[C@]2(c3cccc(C(F)(F)F)c3)CCOC(C)(C)C2)cc1. The van der Waals surface area contributed by atoms with E-state index in [0.717, 1.165) is 23.1 Å². The third-order valence-corrected chi connectivity index (χ3v) is 5.66. The number of hydrogen-bond acceptors (Lipinski definition) is 3. The lowest BCUT2D eigenvalue weighted by atomic mass is 9.67. The molecule has 1 saturated heterocycles. The van der Waals surface area contributed by atoms with Gasteiger partial charge in [0.1, 0.15) is 5.75 Å². The van der Waals surface area contributed by atoms with E-state index >= 15 is 0 Å². The second-order valence-electron chi connectivity index (χ2n) is 8.30. The van der Waals surface area contributed by atoms with Crippen LogP contribution in [0.4, 0.5) is 18.9 Å². The van der Waals surface area contributed by atoms with Crippen LogP contribution in [0.5, 0.6) is 5.75 Å². The molecule has 0 unspecified atom stereocenters. The lowest BCUT2D eigenvalue weighted by Gasteiger charge is -2.45. The Kier molecular flexibility index (Phi) is 6.13. The van der Waals surface area contributed by atoms with Gasteiger partial charge in [0.05, 0.1) is 18.3 Å². The lowest BCUT2D eigenvalue weighted by Crippen LogP contribution is -2.45. The Morgan fingerprint density at radius 2 is 1.83 bits per heavy atom. The van der Waals surface area contributed by atoms with Crippen molar-refractivity contribution in [3.63, 3.8) is 0 Å². The number of methoxy groups -OCH3 is 1. The monoisotopic (exact) mass is 407 g/mol. The number of ether oxygens (including phenoxy) is 2. The molecule has 158 valence electrons. The average Bonchev–Trinajstić information content (AvgIpc) is 2.67. The van der Waals surface area contributed by atoms with E-state index in [1.807, 2.05) is 44.2 Å². The van der Waals surface area contributed by atoms with Crippen molar-refractivity contribution < 1.29 is 22.6 Å². The van der Waals surface area contributed by atoms with Crippen LogP contribution in [-0.2, 0) is 16.3 Å². The number of hydrogen-bond donors (Lipinski definition) is 1. The van der Waals surface area contributed by atoms with E-state index in [-0.39, 0.29) is 11.0 Å². The fraction of sp³-hybridized carbons (Fsp3) is 0.478. The summed E-state index contributed by atoms with van der Waals surface area (Å²) >= 11 is 0.